The van der Waals surface area contributed by atoms with Crippen LogP contribution in [0.2, 0.25) is 5.02 Å². The lowest BCUT2D eigenvalue weighted by Crippen LogP contribution is -2.39. The fourth-order valence-electron chi connectivity index (χ4n) is 3.63. The molecule has 0 radical (unpaired) electrons. The van der Waals surface area contributed by atoms with Crippen LogP contribution in [0.4, 0.5) is 15.8 Å². The predicted molar refractivity (Wildman–Crippen MR) is 160 cm³/mol. The minimum atomic E-state index is -4.07. The first-order valence-electron chi connectivity index (χ1n) is 12.6. The summed E-state index contributed by atoms with van der Waals surface area (Å²) in [7, 11) is -4.07. The highest BCUT2D eigenvalue weighted by Crippen LogP contribution is 2.25. The van der Waals surface area contributed by atoms with Crippen molar-refractivity contribution in [2.24, 2.45) is 5.10 Å². The normalized spacial score (nSPS) is 11.2. The number of hydrazone groups is 1. The highest BCUT2D eigenvalue weighted by atomic mass is 35.5. The van der Waals surface area contributed by atoms with Crippen LogP contribution in [0, 0.1) is 12.7 Å². The van der Waals surface area contributed by atoms with Gasteiger partial charge in [-0.15, -0.1) is 0 Å². The van der Waals surface area contributed by atoms with E-state index < -0.39 is 34.2 Å². The van der Waals surface area contributed by atoms with Crippen LogP contribution in [0.3, 0.4) is 0 Å². The summed E-state index contributed by atoms with van der Waals surface area (Å²) in [5, 5.41) is 6.95. The molecule has 0 atom stereocenters. The molecule has 0 unspecified atom stereocenters. The zero-order valence-corrected chi connectivity index (χ0v) is 23.9. The predicted octanol–water partition coefficient (Wildman–Crippen LogP) is 5.15. The van der Waals surface area contributed by atoms with Crippen molar-refractivity contribution in [3.63, 3.8) is 0 Å². The van der Waals surface area contributed by atoms with E-state index in [2.05, 4.69) is 15.8 Å². The second-order valence-corrected chi connectivity index (χ2v) is 11.3. The van der Waals surface area contributed by atoms with Gasteiger partial charge in [-0.25, -0.2) is 18.2 Å². The van der Waals surface area contributed by atoms with Gasteiger partial charge in [0.15, 0.2) is 6.61 Å². The smallest absolute Gasteiger partial charge is 0.264 e. The topological polar surface area (TPSA) is 117 Å². The lowest BCUT2D eigenvalue weighted by atomic mass is 10.2. The Hall–Kier alpha value is -4.74. The Kier molecular flexibility index (Phi) is 9.89. The van der Waals surface area contributed by atoms with E-state index in [1.54, 1.807) is 36.4 Å². The monoisotopic (exact) mass is 608 g/mol. The molecule has 0 fully saturated rings. The number of hydrogen-bond acceptors (Lipinski definition) is 6. The number of carbonyl (C=O) groups is 2. The SMILES string of the molecule is Cc1ccc(S(=O)(=O)N(CC(=O)N/N=C\c2ccc(OCC(=O)Nc3ccc(F)cc3)cc2)c2ccc(Cl)cc2)cc1. The molecule has 0 saturated carbocycles. The molecule has 0 bridgehead atoms. The summed E-state index contributed by atoms with van der Waals surface area (Å²) in [6, 6.07) is 24.3. The molecule has 12 heteroatoms. The number of ether oxygens (including phenoxy) is 1. The number of nitrogens with zero attached hydrogens (tertiary/aromatic N) is 2. The number of sulfonamides is 1. The van der Waals surface area contributed by atoms with Crippen LogP contribution in [-0.4, -0.2) is 39.6 Å². The van der Waals surface area contributed by atoms with Gasteiger partial charge in [0.05, 0.1) is 16.8 Å². The molecule has 4 rings (SSSR count). The van der Waals surface area contributed by atoms with Crippen LogP contribution in [-0.2, 0) is 19.6 Å². The van der Waals surface area contributed by atoms with Gasteiger partial charge in [0.1, 0.15) is 18.1 Å². The lowest BCUT2D eigenvalue weighted by Gasteiger charge is -2.23. The average molecular weight is 609 g/mol. The number of halogens is 2. The molecule has 216 valence electrons. The van der Waals surface area contributed by atoms with Crippen LogP contribution in [0.15, 0.2) is 107 Å². The molecule has 0 saturated heterocycles. The van der Waals surface area contributed by atoms with Gasteiger partial charge in [-0.05, 0) is 97.4 Å². The van der Waals surface area contributed by atoms with Gasteiger partial charge < -0.3 is 10.1 Å². The highest BCUT2D eigenvalue weighted by molar-refractivity contribution is 7.92. The molecule has 0 aliphatic rings. The zero-order valence-electron chi connectivity index (χ0n) is 22.3. The zero-order chi connectivity index (χ0) is 30.1. The van der Waals surface area contributed by atoms with Crippen molar-refractivity contribution in [1.82, 2.24) is 5.43 Å². The summed E-state index contributed by atoms with van der Waals surface area (Å²) in [4.78, 5) is 24.8. The van der Waals surface area contributed by atoms with Crippen LogP contribution < -0.4 is 19.8 Å². The van der Waals surface area contributed by atoms with E-state index in [-0.39, 0.29) is 17.2 Å². The highest BCUT2D eigenvalue weighted by Gasteiger charge is 2.27. The molecule has 0 aliphatic heterocycles. The van der Waals surface area contributed by atoms with Crippen molar-refractivity contribution in [3.05, 3.63) is 119 Å². The lowest BCUT2D eigenvalue weighted by molar-refractivity contribution is -0.119. The largest absolute Gasteiger partial charge is 0.484 e. The van der Waals surface area contributed by atoms with Crippen molar-refractivity contribution in [3.8, 4) is 5.75 Å². The van der Waals surface area contributed by atoms with Gasteiger partial charge in [-0.3, -0.25) is 13.9 Å². The first-order valence-corrected chi connectivity index (χ1v) is 14.4. The molecular formula is C30H26ClFN4O5S. The Bertz CT molecular complexity index is 1660. The fraction of sp³-hybridized carbons (Fsp3) is 0.100. The second-order valence-electron chi connectivity index (χ2n) is 9.01. The quantitative estimate of drug-likeness (QED) is 0.180. The number of benzene rings is 4. The molecule has 0 heterocycles. The summed E-state index contributed by atoms with van der Waals surface area (Å²) < 4.78 is 46.3. The first kappa shape index (κ1) is 30.2. The third-order valence-electron chi connectivity index (χ3n) is 5.79. The molecule has 0 aliphatic carbocycles. The van der Waals surface area contributed by atoms with Crippen molar-refractivity contribution in [2.45, 2.75) is 11.8 Å². The number of rotatable bonds is 11. The number of hydrogen-bond donors (Lipinski definition) is 2. The van der Waals surface area contributed by atoms with E-state index in [1.807, 2.05) is 6.92 Å². The maximum absolute atomic E-state index is 13.4. The van der Waals surface area contributed by atoms with E-state index in [9.17, 15) is 22.4 Å². The van der Waals surface area contributed by atoms with E-state index >= 15 is 0 Å². The minimum Gasteiger partial charge on any atom is -0.484 e. The van der Waals surface area contributed by atoms with Gasteiger partial charge in [0, 0.05) is 10.7 Å². The van der Waals surface area contributed by atoms with Crippen LogP contribution in [0.1, 0.15) is 11.1 Å². The second kappa shape index (κ2) is 13.7. The molecule has 9 nitrogen and oxygen atoms in total. The van der Waals surface area contributed by atoms with Gasteiger partial charge in [-0.1, -0.05) is 29.3 Å². The van der Waals surface area contributed by atoms with E-state index in [1.165, 1.54) is 66.9 Å². The van der Waals surface area contributed by atoms with E-state index in [4.69, 9.17) is 16.3 Å². The summed E-state index contributed by atoms with van der Waals surface area (Å²) >= 11 is 5.97. The molecule has 4 aromatic carbocycles. The van der Waals surface area contributed by atoms with Gasteiger partial charge >= 0.3 is 0 Å². The Balaban J connectivity index is 1.34. The summed E-state index contributed by atoms with van der Waals surface area (Å²) in [6.07, 6.45) is 1.38. The molecule has 4 aromatic rings. The molecular weight excluding hydrogens is 583 g/mol. The standard InChI is InChI=1S/C30H26ClFN4O5S/c1-21-2-16-28(17-3-21)42(39,40)36(26-12-6-23(31)7-13-26)19-29(37)35-33-18-22-4-14-27(15-5-22)41-20-30(38)34-25-10-8-24(32)9-11-25/h2-18H,19-20H2,1H3,(H,34,38)(H,35,37)/b33-18-. The number of carbonyl (C=O) groups excluding carboxylic acids is 2. The Morgan fingerprint density at radius 3 is 2.19 bits per heavy atom. The van der Waals surface area contributed by atoms with Gasteiger partial charge in [0.2, 0.25) is 0 Å². The Morgan fingerprint density at radius 2 is 1.55 bits per heavy atom. The number of nitrogens with one attached hydrogen (secondary N) is 2. The molecule has 0 aromatic heterocycles. The van der Waals surface area contributed by atoms with Crippen molar-refractivity contribution < 1.29 is 27.1 Å². The Morgan fingerprint density at radius 1 is 0.905 bits per heavy atom. The van der Waals surface area contributed by atoms with Crippen molar-refractivity contribution in [1.29, 1.82) is 0 Å². The maximum Gasteiger partial charge on any atom is 0.264 e. The number of anilines is 2. The number of amides is 2. The van der Waals surface area contributed by atoms with Crippen LogP contribution in [0.25, 0.3) is 0 Å². The van der Waals surface area contributed by atoms with Gasteiger partial charge in [0.25, 0.3) is 21.8 Å². The average Bonchev–Trinajstić information content (AvgIpc) is 2.97. The summed E-state index contributed by atoms with van der Waals surface area (Å²) in [6.45, 7) is 1.06. The Labute approximate surface area is 247 Å². The minimum absolute atomic E-state index is 0.0367. The molecule has 0 spiro atoms. The van der Waals surface area contributed by atoms with E-state index in [0.717, 1.165) is 9.87 Å². The molecule has 2 N–H and O–H groups in total. The third-order valence-corrected chi connectivity index (χ3v) is 7.83. The van der Waals surface area contributed by atoms with Crippen LogP contribution in [0.5, 0.6) is 5.75 Å². The third kappa shape index (κ3) is 8.38. The van der Waals surface area contributed by atoms with Crippen molar-refractivity contribution >= 4 is 51.0 Å². The van der Waals surface area contributed by atoms with Crippen LogP contribution >= 0.6 is 11.6 Å². The number of aryl methyl sites for hydroxylation is 1. The summed E-state index contributed by atoms with van der Waals surface area (Å²) in [5.41, 5.74) is 4.57. The van der Waals surface area contributed by atoms with Gasteiger partial charge in [-0.2, -0.15) is 5.10 Å². The maximum atomic E-state index is 13.4. The summed E-state index contributed by atoms with van der Waals surface area (Å²) in [5.74, 6) is -1.06. The molecule has 42 heavy (non-hydrogen) atoms. The fourth-order valence-corrected chi connectivity index (χ4v) is 5.18. The molecule has 2 amide bonds. The first-order chi connectivity index (χ1) is 20.1. The van der Waals surface area contributed by atoms with Crippen molar-refractivity contribution in [2.75, 3.05) is 22.8 Å². The van der Waals surface area contributed by atoms with E-state index in [0.29, 0.717) is 22.0 Å².